The molecule has 7 atom stereocenters. The molecule has 0 saturated heterocycles. The lowest BCUT2D eigenvalue weighted by Gasteiger charge is -2.55. The maximum Gasteiger partial charge on any atom is 0.0599 e. The third kappa shape index (κ3) is 1.78. The Bertz CT molecular complexity index is 510. The van der Waals surface area contributed by atoms with Crippen LogP contribution >= 0.6 is 0 Å². The zero-order valence-electron chi connectivity index (χ0n) is 13.4. The van der Waals surface area contributed by atoms with E-state index in [9.17, 15) is 5.11 Å². The quantitative estimate of drug-likeness (QED) is 0.671. The third-order valence-electron chi connectivity index (χ3n) is 7.59. The highest BCUT2D eigenvalue weighted by molar-refractivity contribution is 5.31. The Kier molecular flexibility index (Phi) is 2.97. The Morgan fingerprint density at radius 1 is 1.19 bits per heavy atom. The molecular weight excluding hydrogens is 258 g/mol. The van der Waals surface area contributed by atoms with Crippen LogP contribution in [0, 0.1) is 28.6 Å². The van der Waals surface area contributed by atoms with Gasteiger partial charge in [0.25, 0.3) is 0 Å². The molecule has 2 fully saturated rings. The van der Waals surface area contributed by atoms with Gasteiger partial charge in [0.2, 0.25) is 0 Å². The zero-order valence-corrected chi connectivity index (χ0v) is 13.4. The summed E-state index contributed by atoms with van der Waals surface area (Å²) in [6, 6.07) is 0.250. The summed E-state index contributed by atoms with van der Waals surface area (Å²) in [6.45, 7) is 4.79. The number of aliphatic hydroxyl groups is 1. The molecule has 0 heterocycles. The minimum Gasteiger partial charge on any atom is -0.393 e. The van der Waals surface area contributed by atoms with Gasteiger partial charge in [-0.25, -0.2) is 0 Å². The lowest BCUT2D eigenvalue weighted by molar-refractivity contribution is -0.00226. The summed E-state index contributed by atoms with van der Waals surface area (Å²) in [5.74, 6) is 2.01. The van der Waals surface area contributed by atoms with Crippen molar-refractivity contribution in [2.45, 2.75) is 64.5 Å². The second-order valence-corrected chi connectivity index (χ2v) is 8.50. The molecular formula is C19H29NO. The Balaban J connectivity index is 1.72. The summed E-state index contributed by atoms with van der Waals surface area (Å²) in [5, 5.41) is 10.4. The van der Waals surface area contributed by atoms with Crippen molar-refractivity contribution in [3.8, 4) is 0 Å². The first-order chi connectivity index (χ1) is 9.95. The zero-order chi connectivity index (χ0) is 14.8. The molecule has 116 valence electrons. The summed E-state index contributed by atoms with van der Waals surface area (Å²) in [4.78, 5) is 0. The molecule has 0 aromatic heterocycles. The van der Waals surface area contributed by atoms with E-state index in [1.54, 1.807) is 5.57 Å². The van der Waals surface area contributed by atoms with Crippen molar-refractivity contribution in [1.29, 1.82) is 0 Å². The SMILES string of the molecule is C[C@]12C=CC(N)CC1CC=C1[C@H]2CC[C@]2(C)C(O)CC[C@@H]12. The van der Waals surface area contributed by atoms with Crippen LogP contribution in [0.15, 0.2) is 23.8 Å². The first kappa shape index (κ1) is 14.0. The van der Waals surface area contributed by atoms with Crippen LogP contribution in [-0.4, -0.2) is 17.3 Å². The number of fused-ring (bicyclic) bond motifs is 5. The van der Waals surface area contributed by atoms with Gasteiger partial charge < -0.3 is 10.8 Å². The van der Waals surface area contributed by atoms with E-state index in [4.69, 9.17) is 5.73 Å². The molecule has 0 aromatic rings. The number of hydrogen-bond donors (Lipinski definition) is 2. The molecule has 2 nitrogen and oxygen atoms in total. The number of rotatable bonds is 0. The lowest BCUT2D eigenvalue weighted by Crippen LogP contribution is -2.49. The minimum absolute atomic E-state index is 0.0924. The van der Waals surface area contributed by atoms with Gasteiger partial charge in [0.1, 0.15) is 0 Å². The van der Waals surface area contributed by atoms with Crippen LogP contribution in [0.4, 0.5) is 0 Å². The van der Waals surface area contributed by atoms with Gasteiger partial charge in [-0.1, -0.05) is 37.6 Å². The van der Waals surface area contributed by atoms with Gasteiger partial charge in [-0.05, 0) is 61.7 Å². The normalized spacial score (nSPS) is 55.4. The highest BCUT2D eigenvalue weighted by Crippen LogP contribution is 2.63. The first-order valence-corrected chi connectivity index (χ1v) is 8.78. The maximum absolute atomic E-state index is 10.4. The van der Waals surface area contributed by atoms with Crippen molar-refractivity contribution in [3.05, 3.63) is 23.8 Å². The number of nitrogens with two attached hydrogens (primary N) is 1. The molecule has 0 amide bonds. The van der Waals surface area contributed by atoms with Gasteiger partial charge in [0.15, 0.2) is 0 Å². The monoisotopic (exact) mass is 287 g/mol. The van der Waals surface area contributed by atoms with E-state index in [-0.39, 0.29) is 17.6 Å². The van der Waals surface area contributed by atoms with Crippen LogP contribution in [0.3, 0.4) is 0 Å². The van der Waals surface area contributed by atoms with Gasteiger partial charge in [-0.15, -0.1) is 0 Å². The van der Waals surface area contributed by atoms with Crippen LogP contribution in [0.5, 0.6) is 0 Å². The predicted octanol–water partition coefficient (Wildman–Crippen LogP) is 3.41. The summed E-state index contributed by atoms with van der Waals surface area (Å²) in [5.41, 5.74) is 8.27. The molecule has 4 aliphatic rings. The van der Waals surface area contributed by atoms with Crippen molar-refractivity contribution in [2.24, 2.45) is 34.3 Å². The Morgan fingerprint density at radius 3 is 2.81 bits per heavy atom. The highest BCUT2D eigenvalue weighted by atomic mass is 16.3. The van der Waals surface area contributed by atoms with Crippen molar-refractivity contribution in [3.63, 3.8) is 0 Å². The fourth-order valence-electron chi connectivity index (χ4n) is 6.08. The second kappa shape index (κ2) is 4.45. The molecule has 3 unspecified atom stereocenters. The number of allylic oxidation sites excluding steroid dienone is 3. The van der Waals surface area contributed by atoms with Crippen LogP contribution in [-0.2, 0) is 0 Å². The minimum atomic E-state index is -0.0924. The Hall–Kier alpha value is -0.600. The van der Waals surface area contributed by atoms with Crippen LogP contribution in [0.25, 0.3) is 0 Å². The maximum atomic E-state index is 10.4. The summed E-state index contributed by atoms with van der Waals surface area (Å²) in [6.07, 6.45) is 14.1. The molecule has 0 spiro atoms. The Labute approximate surface area is 128 Å². The molecule has 4 rings (SSSR count). The number of aliphatic hydroxyl groups excluding tert-OH is 1. The number of hydrogen-bond acceptors (Lipinski definition) is 2. The standard InChI is InChI=1S/C19H29NO/c1-18-9-7-13(20)11-12(18)3-4-14-15-5-6-17(21)19(15,2)10-8-16(14)18/h4,7,9,12-13,15-17,21H,3,5-6,8,10-11,20H2,1-2H3/t12?,13?,15-,16+,17?,18-,19-/m0/s1. The van der Waals surface area contributed by atoms with Gasteiger partial charge in [-0.2, -0.15) is 0 Å². The third-order valence-corrected chi connectivity index (χ3v) is 7.59. The smallest absolute Gasteiger partial charge is 0.0599 e. The van der Waals surface area contributed by atoms with Crippen LogP contribution in [0.1, 0.15) is 52.4 Å². The topological polar surface area (TPSA) is 46.2 Å². The van der Waals surface area contributed by atoms with Crippen molar-refractivity contribution in [1.82, 2.24) is 0 Å². The molecule has 4 aliphatic carbocycles. The largest absolute Gasteiger partial charge is 0.393 e. The van der Waals surface area contributed by atoms with E-state index in [1.807, 2.05) is 0 Å². The average molecular weight is 287 g/mol. The van der Waals surface area contributed by atoms with E-state index < -0.39 is 0 Å². The predicted molar refractivity (Wildman–Crippen MR) is 85.6 cm³/mol. The molecule has 0 aromatic carbocycles. The summed E-state index contributed by atoms with van der Waals surface area (Å²) in [7, 11) is 0. The molecule has 2 saturated carbocycles. The van der Waals surface area contributed by atoms with Gasteiger partial charge in [0, 0.05) is 11.5 Å². The molecule has 2 heteroatoms. The van der Waals surface area contributed by atoms with Crippen LogP contribution < -0.4 is 5.73 Å². The molecule has 0 radical (unpaired) electrons. The fraction of sp³-hybridized carbons (Fsp3) is 0.789. The lowest BCUT2D eigenvalue weighted by atomic mass is 9.50. The van der Waals surface area contributed by atoms with Crippen LogP contribution in [0.2, 0.25) is 0 Å². The van der Waals surface area contributed by atoms with Gasteiger partial charge in [0.05, 0.1) is 6.10 Å². The van der Waals surface area contributed by atoms with E-state index in [1.165, 1.54) is 25.7 Å². The summed E-state index contributed by atoms with van der Waals surface area (Å²) >= 11 is 0. The van der Waals surface area contributed by atoms with Gasteiger partial charge in [-0.3, -0.25) is 0 Å². The second-order valence-electron chi connectivity index (χ2n) is 8.50. The van der Waals surface area contributed by atoms with E-state index in [2.05, 4.69) is 32.1 Å². The molecule has 0 aliphatic heterocycles. The Morgan fingerprint density at radius 2 is 2.00 bits per heavy atom. The van der Waals surface area contributed by atoms with Gasteiger partial charge >= 0.3 is 0 Å². The molecule has 0 bridgehead atoms. The fourth-order valence-corrected chi connectivity index (χ4v) is 6.08. The highest BCUT2D eigenvalue weighted by Gasteiger charge is 2.56. The van der Waals surface area contributed by atoms with E-state index >= 15 is 0 Å². The van der Waals surface area contributed by atoms with Crippen molar-refractivity contribution < 1.29 is 5.11 Å². The average Bonchev–Trinajstić information content (AvgIpc) is 2.76. The molecule has 3 N–H and O–H groups in total. The van der Waals surface area contributed by atoms with Crippen molar-refractivity contribution >= 4 is 0 Å². The summed E-state index contributed by atoms with van der Waals surface area (Å²) < 4.78 is 0. The first-order valence-electron chi connectivity index (χ1n) is 8.78. The van der Waals surface area contributed by atoms with Crippen molar-refractivity contribution in [2.75, 3.05) is 0 Å². The van der Waals surface area contributed by atoms with E-state index in [0.717, 1.165) is 12.8 Å². The van der Waals surface area contributed by atoms with E-state index in [0.29, 0.717) is 23.2 Å². The molecule has 21 heavy (non-hydrogen) atoms.